The molecule has 0 unspecified atom stereocenters. The SMILES string of the molecule is CCOC(=O)CCc1cc(C(=O)CC(C)(C)CC(=O)OCC)ccc1O. The van der Waals surface area contributed by atoms with Crippen LogP contribution in [0.3, 0.4) is 0 Å². The minimum atomic E-state index is -0.535. The number of Topliss-reactive ketones (excluding diaryl/α,β-unsaturated/α-hetero) is 1. The highest BCUT2D eigenvalue weighted by molar-refractivity contribution is 5.97. The van der Waals surface area contributed by atoms with Crippen molar-refractivity contribution in [1.29, 1.82) is 0 Å². The molecular weight excluding hydrogens is 336 g/mol. The van der Waals surface area contributed by atoms with E-state index in [0.29, 0.717) is 24.3 Å². The van der Waals surface area contributed by atoms with Crippen molar-refractivity contribution in [2.75, 3.05) is 13.2 Å². The van der Waals surface area contributed by atoms with Crippen molar-refractivity contribution in [2.24, 2.45) is 5.41 Å². The molecule has 0 aliphatic rings. The summed E-state index contributed by atoms with van der Waals surface area (Å²) in [6.45, 7) is 7.76. The summed E-state index contributed by atoms with van der Waals surface area (Å²) >= 11 is 0. The highest BCUT2D eigenvalue weighted by Gasteiger charge is 2.27. The summed E-state index contributed by atoms with van der Waals surface area (Å²) in [5.41, 5.74) is 0.428. The molecule has 0 saturated carbocycles. The highest BCUT2D eigenvalue weighted by Crippen LogP contribution is 2.29. The van der Waals surface area contributed by atoms with Gasteiger partial charge in [0.15, 0.2) is 5.78 Å². The number of aromatic hydroxyl groups is 1. The van der Waals surface area contributed by atoms with E-state index in [1.54, 1.807) is 26.0 Å². The van der Waals surface area contributed by atoms with Gasteiger partial charge >= 0.3 is 11.9 Å². The molecule has 6 nitrogen and oxygen atoms in total. The Morgan fingerprint density at radius 1 is 1.00 bits per heavy atom. The predicted molar refractivity (Wildman–Crippen MR) is 97.0 cm³/mol. The minimum absolute atomic E-state index is 0.0385. The number of benzene rings is 1. The summed E-state index contributed by atoms with van der Waals surface area (Å²) in [6, 6.07) is 4.59. The van der Waals surface area contributed by atoms with Crippen LogP contribution in [0.2, 0.25) is 0 Å². The van der Waals surface area contributed by atoms with E-state index in [9.17, 15) is 19.5 Å². The fraction of sp³-hybridized carbons (Fsp3) is 0.550. The smallest absolute Gasteiger partial charge is 0.306 e. The second-order valence-corrected chi connectivity index (χ2v) is 6.89. The molecule has 0 spiro atoms. The number of aryl methyl sites for hydroxylation is 1. The average Bonchev–Trinajstić information content (AvgIpc) is 2.53. The van der Waals surface area contributed by atoms with E-state index < -0.39 is 5.41 Å². The predicted octanol–water partition coefficient (Wildman–Crippen LogP) is 3.44. The molecule has 26 heavy (non-hydrogen) atoms. The van der Waals surface area contributed by atoms with Gasteiger partial charge in [-0.05, 0) is 49.4 Å². The van der Waals surface area contributed by atoms with Crippen molar-refractivity contribution in [2.45, 2.75) is 53.4 Å². The molecule has 144 valence electrons. The van der Waals surface area contributed by atoms with Crippen molar-refractivity contribution in [3.8, 4) is 5.75 Å². The van der Waals surface area contributed by atoms with Gasteiger partial charge < -0.3 is 14.6 Å². The topological polar surface area (TPSA) is 89.9 Å². The van der Waals surface area contributed by atoms with Crippen LogP contribution in [0.1, 0.15) is 62.9 Å². The quantitative estimate of drug-likeness (QED) is 0.505. The second kappa shape index (κ2) is 9.94. The zero-order chi connectivity index (χ0) is 19.7. The molecular formula is C20H28O6. The Hall–Kier alpha value is -2.37. The van der Waals surface area contributed by atoms with Crippen LogP contribution in [0.4, 0.5) is 0 Å². The van der Waals surface area contributed by atoms with Gasteiger partial charge in [-0.25, -0.2) is 0 Å². The van der Waals surface area contributed by atoms with Gasteiger partial charge in [0, 0.05) is 18.4 Å². The molecule has 1 N–H and O–H groups in total. The largest absolute Gasteiger partial charge is 0.508 e. The summed E-state index contributed by atoms with van der Waals surface area (Å²) < 4.78 is 9.82. The lowest BCUT2D eigenvalue weighted by molar-refractivity contribution is -0.145. The van der Waals surface area contributed by atoms with Crippen LogP contribution in [0.15, 0.2) is 18.2 Å². The van der Waals surface area contributed by atoms with Gasteiger partial charge in [0.1, 0.15) is 5.75 Å². The molecule has 0 bridgehead atoms. The van der Waals surface area contributed by atoms with Crippen LogP contribution in [0, 0.1) is 5.41 Å². The zero-order valence-electron chi connectivity index (χ0n) is 16.0. The monoisotopic (exact) mass is 364 g/mol. The Morgan fingerprint density at radius 2 is 1.62 bits per heavy atom. The fourth-order valence-corrected chi connectivity index (χ4v) is 2.63. The number of carbonyl (C=O) groups is 3. The number of phenols is 1. The third-order valence-electron chi connectivity index (χ3n) is 3.87. The summed E-state index contributed by atoms with van der Waals surface area (Å²) in [5, 5.41) is 9.95. The highest BCUT2D eigenvalue weighted by atomic mass is 16.5. The summed E-state index contributed by atoms with van der Waals surface area (Å²) in [4.78, 5) is 35.7. The summed E-state index contributed by atoms with van der Waals surface area (Å²) in [7, 11) is 0. The molecule has 0 aliphatic heterocycles. The summed E-state index contributed by atoms with van der Waals surface area (Å²) in [6.07, 6.45) is 0.750. The van der Waals surface area contributed by atoms with Gasteiger partial charge in [-0.3, -0.25) is 14.4 Å². The maximum atomic E-state index is 12.6. The van der Waals surface area contributed by atoms with Crippen molar-refractivity contribution < 1.29 is 29.0 Å². The van der Waals surface area contributed by atoms with Crippen LogP contribution >= 0.6 is 0 Å². The van der Waals surface area contributed by atoms with Crippen LogP contribution in [-0.4, -0.2) is 36.0 Å². The molecule has 1 aromatic carbocycles. The first-order valence-corrected chi connectivity index (χ1v) is 8.85. The number of ketones is 1. The standard InChI is InChI=1S/C20H28O6/c1-5-25-18(23)10-8-14-11-15(7-9-16(14)21)17(22)12-20(3,4)13-19(24)26-6-2/h7,9,11,21H,5-6,8,10,12-13H2,1-4H3. The van der Waals surface area contributed by atoms with E-state index in [4.69, 9.17) is 9.47 Å². The number of hydrogen-bond donors (Lipinski definition) is 1. The Balaban J connectivity index is 2.78. The molecule has 0 amide bonds. The molecule has 0 fully saturated rings. The number of hydrogen-bond acceptors (Lipinski definition) is 6. The van der Waals surface area contributed by atoms with E-state index in [-0.39, 0.29) is 49.2 Å². The van der Waals surface area contributed by atoms with Crippen molar-refractivity contribution >= 4 is 17.7 Å². The first-order chi connectivity index (χ1) is 12.2. The van der Waals surface area contributed by atoms with Gasteiger partial charge in [0.05, 0.1) is 19.6 Å². The molecule has 1 rings (SSSR count). The van der Waals surface area contributed by atoms with Crippen LogP contribution in [0.25, 0.3) is 0 Å². The Labute approximate surface area is 154 Å². The molecule has 0 heterocycles. The molecule has 6 heteroatoms. The van der Waals surface area contributed by atoms with Crippen molar-refractivity contribution in [1.82, 2.24) is 0 Å². The zero-order valence-corrected chi connectivity index (χ0v) is 16.0. The van der Waals surface area contributed by atoms with Gasteiger partial charge in [0.2, 0.25) is 0 Å². The van der Waals surface area contributed by atoms with Crippen molar-refractivity contribution in [3.63, 3.8) is 0 Å². The van der Waals surface area contributed by atoms with Gasteiger partial charge in [-0.2, -0.15) is 0 Å². The number of rotatable bonds is 10. The van der Waals surface area contributed by atoms with Crippen LogP contribution < -0.4 is 0 Å². The Bertz CT molecular complexity index is 648. The fourth-order valence-electron chi connectivity index (χ4n) is 2.63. The molecule has 0 atom stereocenters. The van der Waals surface area contributed by atoms with Crippen LogP contribution in [-0.2, 0) is 25.5 Å². The van der Waals surface area contributed by atoms with Crippen molar-refractivity contribution in [3.05, 3.63) is 29.3 Å². The van der Waals surface area contributed by atoms with E-state index in [2.05, 4.69) is 0 Å². The van der Waals surface area contributed by atoms with E-state index >= 15 is 0 Å². The van der Waals surface area contributed by atoms with E-state index in [1.165, 1.54) is 6.07 Å². The number of ether oxygens (including phenoxy) is 2. The first-order valence-electron chi connectivity index (χ1n) is 8.85. The molecule has 0 aromatic heterocycles. The van der Waals surface area contributed by atoms with E-state index in [0.717, 1.165) is 0 Å². The third-order valence-corrected chi connectivity index (χ3v) is 3.87. The van der Waals surface area contributed by atoms with Gasteiger partial charge in [-0.15, -0.1) is 0 Å². The summed E-state index contributed by atoms with van der Waals surface area (Å²) in [5.74, 6) is -0.765. The normalized spacial score (nSPS) is 11.1. The lowest BCUT2D eigenvalue weighted by atomic mass is 9.82. The van der Waals surface area contributed by atoms with E-state index in [1.807, 2.05) is 13.8 Å². The first kappa shape index (κ1) is 21.7. The van der Waals surface area contributed by atoms with Gasteiger partial charge in [-0.1, -0.05) is 13.8 Å². The minimum Gasteiger partial charge on any atom is -0.508 e. The average molecular weight is 364 g/mol. The Morgan fingerprint density at radius 3 is 2.23 bits per heavy atom. The molecule has 0 saturated heterocycles. The molecule has 0 aliphatic carbocycles. The Kier molecular flexibility index (Phi) is 8.29. The van der Waals surface area contributed by atoms with Crippen LogP contribution in [0.5, 0.6) is 5.75 Å². The number of esters is 2. The molecule has 0 radical (unpaired) electrons. The number of phenolic OH excluding ortho intramolecular Hbond substituents is 1. The maximum absolute atomic E-state index is 12.6. The lowest BCUT2D eigenvalue weighted by Gasteiger charge is -2.22. The third kappa shape index (κ3) is 7.25. The second-order valence-electron chi connectivity index (χ2n) is 6.89. The maximum Gasteiger partial charge on any atom is 0.306 e. The van der Waals surface area contributed by atoms with Gasteiger partial charge in [0.25, 0.3) is 0 Å². The number of carbonyl (C=O) groups excluding carboxylic acids is 3. The lowest BCUT2D eigenvalue weighted by Crippen LogP contribution is -2.22. The molecule has 1 aromatic rings.